The van der Waals surface area contributed by atoms with Gasteiger partial charge in [-0.15, -0.1) is 0 Å². The Balaban J connectivity index is 2.26. The van der Waals surface area contributed by atoms with Crippen molar-refractivity contribution in [3.8, 4) is 11.9 Å². The first-order chi connectivity index (χ1) is 11.9. The first-order valence-corrected chi connectivity index (χ1v) is 9.73. The number of carbonyl (C=O) groups is 1. The van der Waals surface area contributed by atoms with Crippen LogP contribution in [0.15, 0.2) is 30.7 Å². The lowest BCUT2D eigenvalue weighted by Crippen LogP contribution is -2.32. The maximum absolute atomic E-state index is 12.5. The zero-order chi connectivity index (χ0) is 18.4. The van der Waals surface area contributed by atoms with E-state index in [-0.39, 0.29) is 17.5 Å². The first kappa shape index (κ1) is 18.8. The smallest absolute Gasteiger partial charge is 0.231 e. The number of hydrogen-bond acceptors (Lipinski definition) is 5. The van der Waals surface area contributed by atoms with E-state index in [1.54, 1.807) is 37.8 Å². The van der Waals surface area contributed by atoms with Crippen molar-refractivity contribution in [1.82, 2.24) is 19.5 Å². The van der Waals surface area contributed by atoms with Gasteiger partial charge >= 0.3 is 0 Å². The van der Waals surface area contributed by atoms with Gasteiger partial charge in [-0.3, -0.25) is 9.78 Å². The van der Waals surface area contributed by atoms with Crippen LogP contribution in [0.4, 0.5) is 5.69 Å². The summed E-state index contributed by atoms with van der Waals surface area (Å²) >= 11 is 6.18. The highest BCUT2D eigenvalue weighted by Crippen LogP contribution is 2.26. The Morgan fingerprint density at radius 2 is 2.36 bits per heavy atom. The maximum Gasteiger partial charge on any atom is 0.231 e. The van der Waals surface area contributed by atoms with Gasteiger partial charge in [0, 0.05) is 19.0 Å². The van der Waals surface area contributed by atoms with Crippen molar-refractivity contribution in [3.63, 3.8) is 0 Å². The van der Waals surface area contributed by atoms with Crippen molar-refractivity contribution < 1.29 is 9.00 Å². The van der Waals surface area contributed by atoms with Crippen LogP contribution in [0.2, 0.25) is 5.15 Å². The zero-order valence-electron chi connectivity index (χ0n) is 13.7. The summed E-state index contributed by atoms with van der Waals surface area (Å²) in [6.07, 6.45) is 7.77. The molecular formula is C15H17ClN6O2S. The SMILES string of the molecule is CCN(C(=O)CC=S(C)(=O)NC#N)c1cn(-c2cccnc2)nc1Cl. The van der Waals surface area contributed by atoms with Crippen LogP contribution in [-0.2, 0) is 14.5 Å². The number of rotatable bonds is 6. The fraction of sp³-hybridized carbons (Fsp3) is 0.267. The van der Waals surface area contributed by atoms with Crippen molar-refractivity contribution >= 4 is 38.3 Å². The largest absolute Gasteiger partial charge is 0.308 e. The third-order valence-electron chi connectivity index (χ3n) is 3.29. The molecule has 0 fully saturated rings. The van der Waals surface area contributed by atoms with Crippen LogP contribution in [-0.4, -0.2) is 43.0 Å². The summed E-state index contributed by atoms with van der Waals surface area (Å²) in [4.78, 5) is 17.9. The monoisotopic (exact) mass is 380 g/mol. The summed E-state index contributed by atoms with van der Waals surface area (Å²) in [5.41, 5.74) is 1.16. The van der Waals surface area contributed by atoms with E-state index in [0.717, 1.165) is 0 Å². The number of nitrogens with one attached hydrogen (secondary N) is 1. The molecule has 8 nitrogen and oxygen atoms in total. The summed E-state index contributed by atoms with van der Waals surface area (Å²) in [5, 5.41) is 14.2. The molecule has 2 aromatic heterocycles. The molecule has 1 unspecified atom stereocenters. The van der Waals surface area contributed by atoms with Crippen LogP contribution in [0.25, 0.3) is 5.69 Å². The number of carbonyl (C=O) groups excluding carboxylic acids is 1. The molecule has 0 bridgehead atoms. The molecule has 2 heterocycles. The predicted octanol–water partition coefficient (Wildman–Crippen LogP) is 1.37. The summed E-state index contributed by atoms with van der Waals surface area (Å²) in [5.74, 6) is -0.301. The molecular weight excluding hydrogens is 364 g/mol. The molecule has 0 aromatic carbocycles. The van der Waals surface area contributed by atoms with E-state index in [4.69, 9.17) is 16.9 Å². The van der Waals surface area contributed by atoms with E-state index in [0.29, 0.717) is 17.9 Å². The van der Waals surface area contributed by atoms with Crippen molar-refractivity contribution in [1.29, 1.82) is 5.26 Å². The van der Waals surface area contributed by atoms with Gasteiger partial charge in [0.05, 0.1) is 34.2 Å². The summed E-state index contributed by atoms with van der Waals surface area (Å²) in [6, 6.07) is 3.58. The summed E-state index contributed by atoms with van der Waals surface area (Å²) < 4.78 is 15.7. The van der Waals surface area contributed by atoms with Gasteiger partial charge in [0.2, 0.25) is 5.91 Å². The number of pyridine rings is 1. The number of amides is 1. The van der Waals surface area contributed by atoms with Crippen LogP contribution in [0.3, 0.4) is 0 Å². The van der Waals surface area contributed by atoms with Crippen LogP contribution in [0.1, 0.15) is 13.3 Å². The van der Waals surface area contributed by atoms with Gasteiger partial charge in [-0.2, -0.15) is 10.4 Å². The number of halogens is 1. The fourth-order valence-electron chi connectivity index (χ4n) is 2.10. The predicted molar refractivity (Wildman–Crippen MR) is 97.9 cm³/mol. The van der Waals surface area contributed by atoms with Crippen molar-refractivity contribution in [2.75, 3.05) is 17.7 Å². The van der Waals surface area contributed by atoms with Gasteiger partial charge in [-0.05, 0) is 24.4 Å². The van der Waals surface area contributed by atoms with E-state index in [1.807, 2.05) is 6.07 Å². The Bertz CT molecular complexity index is 912. The second-order valence-corrected chi connectivity index (χ2v) is 7.79. The lowest BCUT2D eigenvalue weighted by atomic mass is 10.3. The molecule has 0 spiro atoms. The molecule has 1 N–H and O–H groups in total. The fourth-order valence-corrected chi connectivity index (χ4v) is 3.06. The molecule has 2 aromatic rings. The van der Waals surface area contributed by atoms with Crippen LogP contribution >= 0.6 is 11.6 Å². The van der Waals surface area contributed by atoms with E-state index in [1.165, 1.54) is 21.2 Å². The Labute approximate surface area is 151 Å². The molecule has 25 heavy (non-hydrogen) atoms. The topological polar surface area (TPSA) is 104 Å². The molecule has 0 aliphatic heterocycles. The van der Waals surface area contributed by atoms with Crippen molar-refractivity contribution in [3.05, 3.63) is 35.9 Å². The van der Waals surface area contributed by atoms with Gasteiger partial charge in [0.15, 0.2) is 11.3 Å². The minimum atomic E-state index is -2.69. The summed E-state index contributed by atoms with van der Waals surface area (Å²) in [7, 11) is -2.69. The lowest BCUT2D eigenvalue weighted by molar-refractivity contribution is -0.117. The van der Waals surface area contributed by atoms with Gasteiger partial charge in [0.25, 0.3) is 0 Å². The Kier molecular flexibility index (Phi) is 6.01. The Hall–Kier alpha value is -2.57. The first-order valence-electron chi connectivity index (χ1n) is 7.32. The number of nitriles is 1. The van der Waals surface area contributed by atoms with Gasteiger partial charge in [0.1, 0.15) is 5.69 Å². The highest BCUT2D eigenvalue weighted by molar-refractivity contribution is 7.99. The molecule has 10 heteroatoms. The molecule has 2 rings (SSSR count). The van der Waals surface area contributed by atoms with E-state index < -0.39 is 9.71 Å². The highest BCUT2D eigenvalue weighted by atomic mass is 35.5. The van der Waals surface area contributed by atoms with Gasteiger partial charge in [-0.1, -0.05) is 11.6 Å². The molecule has 0 saturated heterocycles. The molecule has 0 radical (unpaired) electrons. The quantitative estimate of drug-likeness (QED) is 0.463. The zero-order valence-corrected chi connectivity index (χ0v) is 15.3. The molecule has 0 aliphatic rings. The average molecular weight is 381 g/mol. The minimum Gasteiger partial charge on any atom is -0.308 e. The highest BCUT2D eigenvalue weighted by Gasteiger charge is 2.20. The molecule has 0 aliphatic carbocycles. The number of nitrogens with zero attached hydrogens (tertiary/aromatic N) is 5. The second kappa shape index (κ2) is 8.00. The third kappa shape index (κ3) is 4.71. The summed E-state index contributed by atoms with van der Waals surface area (Å²) in [6.45, 7) is 2.16. The number of anilines is 1. The van der Waals surface area contributed by atoms with Crippen molar-refractivity contribution in [2.45, 2.75) is 13.3 Å². The van der Waals surface area contributed by atoms with Crippen LogP contribution in [0, 0.1) is 11.5 Å². The van der Waals surface area contributed by atoms with E-state index >= 15 is 0 Å². The molecule has 1 amide bonds. The maximum atomic E-state index is 12.5. The second-order valence-electron chi connectivity index (χ2n) is 5.09. The van der Waals surface area contributed by atoms with E-state index in [9.17, 15) is 9.00 Å². The lowest BCUT2D eigenvalue weighted by Gasteiger charge is -2.18. The Morgan fingerprint density at radius 1 is 1.60 bits per heavy atom. The van der Waals surface area contributed by atoms with Crippen molar-refractivity contribution in [2.24, 2.45) is 0 Å². The molecule has 132 valence electrons. The van der Waals surface area contributed by atoms with Gasteiger partial charge < -0.3 is 4.90 Å². The number of aromatic nitrogens is 3. The van der Waals surface area contributed by atoms with E-state index in [2.05, 4.69) is 14.8 Å². The van der Waals surface area contributed by atoms with Crippen LogP contribution < -0.4 is 9.62 Å². The standard InChI is InChI=1S/C15H17ClN6O2S/c1-3-21(14(23)6-8-25(2,24)19-11-17)13-10-22(20-15(13)16)12-5-4-7-18-9-12/h4-5,7-10H,3,6H2,1-2H3,(H,19,24). The third-order valence-corrected chi connectivity index (χ3v) is 4.86. The molecule has 0 saturated carbocycles. The number of hydrogen-bond donors (Lipinski definition) is 1. The minimum absolute atomic E-state index is 0.105. The average Bonchev–Trinajstić information content (AvgIpc) is 2.96. The molecule has 1 atom stereocenters. The Morgan fingerprint density at radius 3 is 2.96 bits per heavy atom. The van der Waals surface area contributed by atoms with Crippen LogP contribution in [0.5, 0.6) is 0 Å². The van der Waals surface area contributed by atoms with Gasteiger partial charge in [-0.25, -0.2) is 13.6 Å². The normalized spacial score (nSPS) is 12.7.